The summed E-state index contributed by atoms with van der Waals surface area (Å²) in [5.41, 5.74) is 8.13. The number of amides is 1. The first-order chi connectivity index (χ1) is 11.6. The van der Waals surface area contributed by atoms with Crippen LogP contribution < -0.4 is 11.1 Å². The Morgan fingerprint density at radius 3 is 2.58 bits per heavy atom. The molecule has 5 heteroatoms. The highest BCUT2D eigenvalue weighted by Gasteiger charge is 2.11. The first-order valence-corrected chi connectivity index (χ1v) is 8.06. The number of carbonyl (C=O) groups excluding carboxylic acids is 1. The van der Waals surface area contributed by atoms with Crippen molar-refractivity contribution in [3.8, 4) is 0 Å². The van der Waals surface area contributed by atoms with Crippen molar-refractivity contribution in [3.05, 3.63) is 71.0 Å². The largest absolute Gasteiger partial charge is 0.351 e. The van der Waals surface area contributed by atoms with Crippen LogP contribution in [0.25, 0.3) is 0 Å². The highest BCUT2D eigenvalue weighted by atomic mass is 19.1. The molecule has 0 heterocycles. The van der Waals surface area contributed by atoms with Crippen LogP contribution in [0.3, 0.4) is 0 Å². The second-order valence-corrected chi connectivity index (χ2v) is 5.85. The molecule has 0 spiro atoms. The molecule has 4 nitrogen and oxygen atoms in total. The molecular weight excluding hydrogens is 305 g/mol. The molecule has 0 unspecified atom stereocenters. The monoisotopic (exact) mass is 329 g/mol. The van der Waals surface area contributed by atoms with Crippen LogP contribution in [0.1, 0.15) is 16.7 Å². The average molecular weight is 329 g/mol. The van der Waals surface area contributed by atoms with Gasteiger partial charge in [-0.05, 0) is 29.7 Å². The molecule has 0 saturated heterocycles. The number of nitrogens with zero attached hydrogens (tertiary/aromatic N) is 1. The molecule has 0 atom stereocenters. The lowest BCUT2D eigenvalue weighted by Crippen LogP contribution is -2.39. The van der Waals surface area contributed by atoms with Crippen molar-refractivity contribution in [2.45, 2.75) is 20.0 Å². The maximum Gasteiger partial charge on any atom is 0.234 e. The minimum Gasteiger partial charge on any atom is -0.351 e. The summed E-state index contributed by atoms with van der Waals surface area (Å²) in [5, 5.41) is 2.83. The van der Waals surface area contributed by atoms with E-state index >= 15 is 0 Å². The maximum absolute atomic E-state index is 13.5. The molecule has 2 aromatic carbocycles. The standard InChI is InChI=1S/C19H24FN3O/c1-15-7-8-17(11-18(15)20)12-22-19(24)14-23(10-9-21)13-16-5-3-2-4-6-16/h2-8,11H,9-10,12-14,21H2,1H3,(H,22,24). The molecule has 128 valence electrons. The van der Waals surface area contributed by atoms with Gasteiger partial charge < -0.3 is 11.1 Å². The van der Waals surface area contributed by atoms with Crippen LogP contribution in [-0.2, 0) is 17.9 Å². The van der Waals surface area contributed by atoms with Crippen molar-refractivity contribution < 1.29 is 9.18 Å². The summed E-state index contributed by atoms with van der Waals surface area (Å²) in [6.45, 7) is 4.10. The van der Waals surface area contributed by atoms with E-state index in [0.717, 1.165) is 11.1 Å². The number of rotatable bonds is 8. The van der Waals surface area contributed by atoms with Crippen LogP contribution in [0.4, 0.5) is 4.39 Å². The summed E-state index contributed by atoms with van der Waals surface area (Å²) in [4.78, 5) is 14.2. The summed E-state index contributed by atoms with van der Waals surface area (Å²) in [7, 11) is 0. The van der Waals surface area contributed by atoms with Gasteiger partial charge >= 0.3 is 0 Å². The number of hydrogen-bond acceptors (Lipinski definition) is 3. The number of nitrogens with two attached hydrogens (primary N) is 1. The Bertz CT molecular complexity index is 661. The Hall–Kier alpha value is -2.24. The van der Waals surface area contributed by atoms with Crippen molar-refractivity contribution >= 4 is 5.91 Å². The Labute approximate surface area is 142 Å². The van der Waals surface area contributed by atoms with Gasteiger partial charge in [-0.15, -0.1) is 0 Å². The van der Waals surface area contributed by atoms with E-state index in [4.69, 9.17) is 5.73 Å². The third kappa shape index (κ3) is 5.76. The summed E-state index contributed by atoms with van der Waals surface area (Å²) < 4.78 is 13.5. The SMILES string of the molecule is Cc1ccc(CNC(=O)CN(CCN)Cc2ccccc2)cc1F. The number of aryl methyl sites for hydroxylation is 1. The minimum absolute atomic E-state index is 0.0969. The van der Waals surface area contributed by atoms with E-state index in [1.807, 2.05) is 41.3 Å². The quantitative estimate of drug-likeness (QED) is 0.781. The second kappa shape index (κ2) is 9.15. The molecule has 0 bridgehead atoms. The molecule has 0 saturated carbocycles. The first kappa shape index (κ1) is 18.1. The fourth-order valence-electron chi connectivity index (χ4n) is 2.44. The third-order valence-electron chi connectivity index (χ3n) is 3.79. The van der Waals surface area contributed by atoms with Crippen molar-refractivity contribution in [2.24, 2.45) is 5.73 Å². The lowest BCUT2D eigenvalue weighted by atomic mass is 10.1. The summed E-state index contributed by atoms with van der Waals surface area (Å²) in [6.07, 6.45) is 0. The predicted octanol–water partition coefficient (Wildman–Crippen LogP) is 2.21. The fraction of sp³-hybridized carbons (Fsp3) is 0.316. The van der Waals surface area contributed by atoms with Gasteiger partial charge in [0.2, 0.25) is 5.91 Å². The number of nitrogens with one attached hydrogen (secondary N) is 1. The van der Waals surface area contributed by atoms with Crippen molar-refractivity contribution in [1.82, 2.24) is 10.2 Å². The van der Waals surface area contributed by atoms with Gasteiger partial charge in [0, 0.05) is 26.2 Å². The fourth-order valence-corrected chi connectivity index (χ4v) is 2.44. The third-order valence-corrected chi connectivity index (χ3v) is 3.79. The highest BCUT2D eigenvalue weighted by Crippen LogP contribution is 2.09. The zero-order chi connectivity index (χ0) is 17.4. The minimum atomic E-state index is -0.254. The van der Waals surface area contributed by atoms with Crippen LogP contribution in [0.5, 0.6) is 0 Å². The van der Waals surface area contributed by atoms with E-state index in [2.05, 4.69) is 5.32 Å². The van der Waals surface area contributed by atoms with Gasteiger partial charge in [-0.3, -0.25) is 9.69 Å². The molecule has 0 aliphatic carbocycles. The second-order valence-electron chi connectivity index (χ2n) is 5.85. The van der Waals surface area contributed by atoms with E-state index < -0.39 is 0 Å². The van der Waals surface area contributed by atoms with Crippen LogP contribution in [0, 0.1) is 12.7 Å². The van der Waals surface area contributed by atoms with E-state index in [-0.39, 0.29) is 18.3 Å². The number of hydrogen-bond donors (Lipinski definition) is 2. The average Bonchev–Trinajstić information content (AvgIpc) is 2.57. The topological polar surface area (TPSA) is 58.4 Å². The number of benzene rings is 2. The number of halogens is 1. The molecule has 0 aliphatic rings. The van der Waals surface area contributed by atoms with Gasteiger partial charge in [-0.25, -0.2) is 4.39 Å². The molecule has 0 fully saturated rings. The Balaban J connectivity index is 1.86. The maximum atomic E-state index is 13.5. The van der Waals surface area contributed by atoms with Crippen LogP contribution in [0.2, 0.25) is 0 Å². The molecule has 0 aliphatic heterocycles. The Morgan fingerprint density at radius 1 is 1.17 bits per heavy atom. The Kier molecular flexibility index (Phi) is 6.90. The van der Waals surface area contributed by atoms with Crippen molar-refractivity contribution in [1.29, 1.82) is 0 Å². The molecule has 0 aromatic heterocycles. The summed E-state index contributed by atoms with van der Waals surface area (Å²) >= 11 is 0. The van der Waals surface area contributed by atoms with E-state index in [9.17, 15) is 9.18 Å². The van der Waals surface area contributed by atoms with Crippen LogP contribution in [-0.4, -0.2) is 30.4 Å². The van der Waals surface area contributed by atoms with E-state index in [1.54, 1.807) is 13.0 Å². The van der Waals surface area contributed by atoms with Gasteiger partial charge in [0.05, 0.1) is 6.54 Å². The molecule has 0 radical (unpaired) electrons. The molecular formula is C19H24FN3O. The lowest BCUT2D eigenvalue weighted by molar-refractivity contribution is -0.122. The van der Waals surface area contributed by atoms with Gasteiger partial charge in [0.1, 0.15) is 5.82 Å². The highest BCUT2D eigenvalue weighted by molar-refractivity contribution is 5.78. The first-order valence-electron chi connectivity index (χ1n) is 8.06. The van der Waals surface area contributed by atoms with Gasteiger partial charge in [0.15, 0.2) is 0 Å². The zero-order valence-corrected chi connectivity index (χ0v) is 14.0. The van der Waals surface area contributed by atoms with Crippen molar-refractivity contribution in [2.75, 3.05) is 19.6 Å². The van der Waals surface area contributed by atoms with Crippen LogP contribution in [0.15, 0.2) is 48.5 Å². The molecule has 24 heavy (non-hydrogen) atoms. The predicted molar refractivity (Wildman–Crippen MR) is 93.8 cm³/mol. The van der Waals surface area contributed by atoms with Crippen molar-refractivity contribution in [3.63, 3.8) is 0 Å². The normalized spacial score (nSPS) is 10.8. The molecule has 3 N–H and O–H groups in total. The van der Waals surface area contributed by atoms with E-state index in [0.29, 0.717) is 31.7 Å². The van der Waals surface area contributed by atoms with Crippen LogP contribution >= 0.6 is 0 Å². The molecule has 2 rings (SSSR count). The van der Waals surface area contributed by atoms with E-state index in [1.165, 1.54) is 6.07 Å². The van der Waals surface area contributed by atoms with Gasteiger partial charge in [-0.1, -0.05) is 42.5 Å². The Morgan fingerprint density at radius 2 is 1.92 bits per heavy atom. The molecule has 1 amide bonds. The van der Waals surface area contributed by atoms with Gasteiger partial charge in [-0.2, -0.15) is 0 Å². The van der Waals surface area contributed by atoms with Gasteiger partial charge in [0.25, 0.3) is 0 Å². The summed E-state index contributed by atoms with van der Waals surface area (Å²) in [6, 6.07) is 15.0. The lowest BCUT2D eigenvalue weighted by Gasteiger charge is -2.21. The summed E-state index contributed by atoms with van der Waals surface area (Å²) in [5.74, 6) is -0.351. The molecule has 2 aromatic rings. The zero-order valence-electron chi connectivity index (χ0n) is 14.0. The smallest absolute Gasteiger partial charge is 0.234 e. The number of carbonyl (C=O) groups is 1.